The zero-order valence-electron chi connectivity index (χ0n) is 20.9. The van der Waals surface area contributed by atoms with E-state index in [4.69, 9.17) is 14.2 Å². The monoisotopic (exact) mass is 514 g/mol. The van der Waals surface area contributed by atoms with Gasteiger partial charge in [-0.15, -0.1) is 0 Å². The lowest BCUT2D eigenvalue weighted by Gasteiger charge is -2.30. The number of aromatic nitrogens is 3. The van der Waals surface area contributed by atoms with E-state index in [1.807, 2.05) is 12.1 Å². The Balaban J connectivity index is 1.51. The Morgan fingerprint density at radius 2 is 1.74 bits per heavy atom. The predicted octanol–water partition coefficient (Wildman–Crippen LogP) is 3.65. The fourth-order valence-electron chi connectivity index (χ4n) is 4.27. The van der Waals surface area contributed by atoms with Gasteiger partial charge in [-0.3, -0.25) is 4.79 Å². The second kappa shape index (κ2) is 11.1. The van der Waals surface area contributed by atoms with Crippen molar-refractivity contribution < 1.29 is 23.8 Å². The molecule has 38 heavy (non-hydrogen) atoms. The fraction of sp³-hybridized carbons (Fsp3) is 0.222. The van der Waals surface area contributed by atoms with E-state index < -0.39 is 11.9 Å². The van der Waals surface area contributed by atoms with Crippen LogP contribution in [0.25, 0.3) is 10.9 Å². The molecule has 2 N–H and O–H groups in total. The first kappa shape index (κ1) is 24.9. The first-order valence-corrected chi connectivity index (χ1v) is 11.9. The van der Waals surface area contributed by atoms with Gasteiger partial charge in [-0.05, 0) is 30.3 Å². The van der Waals surface area contributed by atoms with Crippen molar-refractivity contribution in [1.29, 1.82) is 0 Å². The van der Waals surface area contributed by atoms with E-state index in [0.29, 0.717) is 47.2 Å². The molecule has 1 saturated heterocycles. The molecule has 0 atom stereocenters. The van der Waals surface area contributed by atoms with E-state index >= 15 is 0 Å². The highest BCUT2D eigenvalue weighted by molar-refractivity contribution is 6.12. The van der Waals surface area contributed by atoms with Crippen molar-refractivity contribution in [2.45, 2.75) is 0 Å². The van der Waals surface area contributed by atoms with Crippen molar-refractivity contribution >= 4 is 45.8 Å². The molecule has 1 amide bonds. The van der Waals surface area contributed by atoms with Crippen molar-refractivity contribution in [3.8, 4) is 5.75 Å². The van der Waals surface area contributed by atoms with Crippen molar-refractivity contribution in [2.75, 3.05) is 56.1 Å². The van der Waals surface area contributed by atoms with Crippen LogP contribution in [0.2, 0.25) is 0 Å². The lowest BCUT2D eigenvalue weighted by atomic mass is 10.1. The van der Waals surface area contributed by atoms with Gasteiger partial charge < -0.3 is 29.7 Å². The molecule has 2 aromatic heterocycles. The number of amides is 1. The predicted molar refractivity (Wildman–Crippen MR) is 142 cm³/mol. The molecule has 5 rings (SSSR count). The van der Waals surface area contributed by atoms with Crippen LogP contribution in [-0.4, -0.2) is 67.4 Å². The summed E-state index contributed by atoms with van der Waals surface area (Å²) in [6.07, 6.45) is 3.16. The first-order valence-electron chi connectivity index (χ1n) is 11.9. The molecule has 194 valence electrons. The molecule has 0 unspecified atom stereocenters. The number of nitrogens with zero attached hydrogens (tertiary/aromatic N) is 4. The lowest BCUT2D eigenvalue weighted by molar-refractivity contribution is 0.0597. The second-order valence-electron chi connectivity index (χ2n) is 8.38. The Kier molecular flexibility index (Phi) is 7.27. The Bertz CT molecular complexity index is 1490. The number of methoxy groups -OCH3 is 2. The van der Waals surface area contributed by atoms with E-state index in [9.17, 15) is 9.59 Å². The van der Waals surface area contributed by atoms with Crippen LogP contribution in [0.3, 0.4) is 0 Å². The van der Waals surface area contributed by atoms with Crippen LogP contribution in [0.4, 0.5) is 23.0 Å². The third-order valence-corrected chi connectivity index (χ3v) is 6.16. The number of esters is 1. The Morgan fingerprint density at radius 3 is 2.50 bits per heavy atom. The van der Waals surface area contributed by atoms with Gasteiger partial charge in [0.1, 0.15) is 17.9 Å². The molecule has 0 radical (unpaired) electrons. The van der Waals surface area contributed by atoms with Gasteiger partial charge in [0.05, 0.1) is 55.5 Å². The molecular weight excluding hydrogens is 488 g/mol. The van der Waals surface area contributed by atoms with Crippen LogP contribution in [0.5, 0.6) is 5.75 Å². The van der Waals surface area contributed by atoms with Crippen LogP contribution in [-0.2, 0) is 9.47 Å². The van der Waals surface area contributed by atoms with Gasteiger partial charge in [0.25, 0.3) is 5.91 Å². The van der Waals surface area contributed by atoms with Gasteiger partial charge in [0, 0.05) is 30.7 Å². The standard InChI is InChI=1S/C27H26N6O5/c1-36-23-15-20-19(14-21(23)31-26(34)17-6-3-4-7-18(17)27(35)37-2)24(30-16-29-20)32-25-22(8-5-9-28-25)33-10-12-38-13-11-33/h3-9,14-16H,10-13H2,1-2H3,(H,31,34)(H,28,29,30,32). The molecule has 3 heterocycles. The van der Waals surface area contributed by atoms with E-state index in [-0.39, 0.29) is 11.1 Å². The number of hydrogen-bond acceptors (Lipinski definition) is 10. The number of benzene rings is 2. The summed E-state index contributed by atoms with van der Waals surface area (Å²) in [6.45, 7) is 2.80. The maximum atomic E-state index is 13.2. The largest absolute Gasteiger partial charge is 0.494 e. The number of morpholine rings is 1. The molecule has 1 aliphatic heterocycles. The minimum Gasteiger partial charge on any atom is -0.494 e. The Morgan fingerprint density at radius 1 is 0.947 bits per heavy atom. The average Bonchev–Trinajstić information content (AvgIpc) is 2.97. The molecule has 11 nitrogen and oxygen atoms in total. The van der Waals surface area contributed by atoms with Crippen molar-refractivity contribution in [2.24, 2.45) is 0 Å². The molecule has 1 aliphatic rings. The molecule has 0 saturated carbocycles. The summed E-state index contributed by atoms with van der Waals surface area (Å²) < 4.78 is 15.8. The van der Waals surface area contributed by atoms with E-state index in [1.165, 1.54) is 26.6 Å². The number of carbonyl (C=O) groups is 2. The highest BCUT2D eigenvalue weighted by atomic mass is 16.5. The number of hydrogen-bond donors (Lipinski definition) is 2. The fourth-order valence-corrected chi connectivity index (χ4v) is 4.27. The minimum atomic E-state index is -0.604. The van der Waals surface area contributed by atoms with Crippen LogP contribution in [0, 0.1) is 0 Å². The number of rotatable bonds is 7. The summed E-state index contributed by atoms with van der Waals surface area (Å²) in [5, 5.41) is 6.83. The third kappa shape index (κ3) is 5.04. The molecule has 4 aromatic rings. The number of ether oxygens (including phenoxy) is 3. The maximum absolute atomic E-state index is 13.2. The summed E-state index contributed by atoms with van der Waals surface area (Å²) in [4.78, 5) is 41.0. The van der Waals surface area contributed by atoms with Crippen molar-refractivity contribution in [3.05, 3.63) is 72.2 Å². The average molecular weight is 515 g/mol. The Hall–Kier alpha value is -4.77. The molecule has 11 heteroatoms. The van der Waals surface area contributed by atoms with Crippen LogP contribution in [0.15, 0.2) is 61.1 Å². The van der Waals surface area contributed by atoms with Gasteiger partial charge >= 0.3 is 5.97 Å². The van der Waals surface area contributed by atoms with Gasteiger partial charge in [0.15, 0.2) is 5.82 Å². The van der Waals surface area contributed by atoms with Gasteiger partial charge in [-0.25, -0.2) is 19.7 Å². The summed E-state index contributed by atoms with van der Waals surface area (Å²) in [5.41, 5.74) is 2.26. The zero-order chi connectivity index (χ0) is 26.5. The maximum Gasteiger partial charge on any atom is 0.338 e. The van der Waals surface area contributed by atoms with Crippen molar-refractivity contribution in [3.63, 3.8) is 0 Å². The number of pyridine rings is 1. The van der Waals surface area contributed by atoms with E-state index in [1.54, 1.807) is 36.5 Å². The number of anilines is 4. The van der Waals surface area contributed by atoms with E-state index in [2.05, 4.69) is 30.5 Å². The highest BCUT2D eigenvalue weighted by Gasteiger charge is 2.20. The minimum absolute atomic E-state index is 0.156. The van der Waals surface area contributed by atoms with Crippen LogP contribution in [0.1, 0.15) is 20.7 Å². The second-order valence-corrected chi connectivity index (χ2v) is 8.38. The molecule has 0 spiro atoms. The molecular formula is C27H26N6O5. The summed E-state index contributed by atoms with van der Waals surface area (Å²) in [5.74, 6) is 0.457. The molecule has 1 fully saturated rings. The van der Waals surface area contributed by atoms with Gasteiger partial charge in [0.2, 0.25) is 0 Å². The molecule has 0 bridgehead atoms. The van der Waals surface area contributed by atoms with Gasteiger partial charge in [-0.2, -0.15) is 0 Å². The highest BCUT2D eigenvalue weighted by Crippen LogP contribution is 2.35. The number of nitrogens with one attached hydrogen (secondary N) is 2. The number of fused-ring (bicyclic) bond motifs is 1. The van der Waals surface area contributed by atoms with E-state index in [0.717, 1.165) is 18.8 Å². The van der Waals surface area contributed by atoms with Crippen LogP contribution >= 0.6 is 0 Å². The topological polar surface area (TPSA) is 128 Å². The SMILES string of the molecule is COC(=O)c1ccccc1C(=O)Nc1cc2c(Nc3ncccc3N3CCOCC3)ncnc2cc1OC. The summed E-state index contributed by atoms with van der Waals surface area (Å²) in [7, 11) is 2.77. The Labute approximate surface area is 218 Å². The normalized spacial score (nSPS) is 13.2. The summed E-state index contributed by atoms with van der Waals surface area (Å²) >= 11 is 0. The zero-order valence-corrected chi connectivity index (χ0v) is 20.9. The summed E-state index contributed by atoms with van der Waals surface area (Å²) in [6, 6.07) is 13.8. The van der Waals surface area contributed by atoms with Crippen molar-refractivity contribution in [1.82, 2.24) is 15.0 Å². The lowest BCUT2D eigenvalue weighted by Crippen LogP contribution is -2.36. The number of carbonyl (C=O) groups excluding carboxylic acids is 2. The third-order valence-electron chi connectivity index (χ3n) is 6.16. The smallest absolute Gasteiger partial charge is 0.338 e. The first-order chi connectivity index (χ1) is 18.6. The quantitative estimate of drug-likeness (QED) is 0.353. The molecule has 0 aliphatic carbocycles. The molecule has 2 aromatic carbocycles. The van der Waals surface area contributed by atoms with Gasteiger partial charge in [-0.1, -0.05) is 12.1 Å². The van der Waals surface area contributed by atoms with Crippen LogP contribution < -0.4 is 20.3 Å².